The molecule has 0 heterocycles. The molecule has 40 heavy (non-hydrogen) atoms. The van der Waals surface area contributed by atoms with Crippen molar-refractivity contribution in [1.29, 1.82) is 0 Å². The van der Waals surface area contributed by atoms with Gasteiger partial charge in [-0.05, 0) is 33.0 Å². The summed E-state index contributed by atoms with van der Waals surface area (Å²) in [6.45, 7) is 0. The standard InChI is InChI=1S/C37H24O3/c38-35(24-10-4-1-5-11-24)30-19-17-23-16-18-28-31(36(39)25-12-6-2-7-13-25)22-32(37(40)26-14-8-3-9-15-26)29-21-20-27(30)33(23)34(28)29/h1-22,30-31H. The SMILES string of the molecule is O=C(C1=CC(C(=O)c2ccccc2)c2ccc3c4c(ccc1c24)C(C(=O)c1ccccc1)C=C3)c1ccccc1. The van der Waals surface area contributed by atoms with Gasteiger partial charge in [0.25, 0.3) is 0 Å². The molecular weight excluding hydrogens is 492 g/mol. The summed E-state index contributed by atoms with van der Waals surface area (Å²) in [5.74, 6) is -1.25. The highest BCUT2D eigenvalue weighted by atomic mass is 16.1. The van der Waals surface area contributed by atoms with Gasteiger partial charge in [0.05, 0.1) is 11.8 Å². The Hall–Kier alpha value is -5.15. The van der Waals surface area contributed by atoms with E-state index in [2.05, 4.69) is 0 Å². The molecule has 0 aromatic heterocycles. The highest BCUT2D eigenvalue weighted by Gasteiger charge is 2.34. The lowest BCUT2D eigenvalue weighted by Gasteiger charge is -2.29. The van der Waals surface area contributed by atoms with Gasteiger partial charge in [0.15, 0.2) is 17.3 Å². The van der Waals surface area contributed by atoms with Gasteiger partial charge in [-0.2, -0.15) is 0 Å². The molecule has 2 unspecified atom stereocenters. The van der Waals surface area contributed by atoms with Crippen LogP contribution in [0.5, 0.6) is 0 Å². The molecule has 0 radical (unpaired) electrons. The minimum Gasteiger partial charge on any atom is -0.293 e. The molecule has 0 aliphatic heterocycles. The molecule has 2 atom stereocenters. The zero-order chi connectivity index (χ0) is 27.2. The van der Waals surface area contributed by atoms with Crippen molar-refractivity contribution < 1.29 is 14.4 Å². The highest BCUT2D eigenvalue weighted by molar-refractivity contribution is 6.33. The van der Waals surface area contributed by atoms with Crippen molar-refractivity contribution in [3.05, 3.63) is 166 Å². The van der Waals surface area contributed by atoms with Crippen molar-refractivity contribution in [3.63, 3.8) is 0 Å². The summed E-state index contributed by atoms with van der Waals surface area (Å²) in [6.07, 6.45) is 5.78. The number of Topliss-reactive ketones (excluding diaryl/α,β-unsaturated/α-hetero) is 3. The Bertz CT molecular complexity index is 1880. The van der Waals surface area contributed by atoms with Gasteiger partial charge in [0, 0.05) is 22.3 Å². The molecule has 190 valence electrons. The van der Waals surface area contributed by atoms with Crippen LogP contribution in [0.3, 0.4) is 0 Å². The quantitative estimate of drug-likeness (QED) is 0.214. The summed E-state index contributed by atoms with van der Waals surface area (Å²) < 4.78 is 0. The Kier molecular flexibility index (Phi) is 5.71. The first-order chi connectivity index (χ1) is 19.6. The van der Waals surface area contributed by atoms with Gasteiger partial charge < -0.3 is 0 Å². The van der Waals surface area contributed by atoms with Gasteiger partial charge in [0.2, 0.25) is 0 Å². The topological polar surface area (TPSA) is 51.2 Å². The minimum atomic E-state index is -0.629. The number of benzene rings is 5. The number of hydrogen-bond acceptors (Lipinski definition) is 3. The van der Waals surface area contributed by atoms with E-state index in [9.17, 15) is 14.4 Å². The molecule has 0 saturated carbocycles. The lowest BCUT2D eigenvalue weighted by molar-refractivity contribution is 0.0968. The maximum absolute atomic E-state index is 13.9. The first kappa shape index (κ1) is 23.9. The van der Waals surface area contributed by atoms with E-state index in [1.807, 2.05) is 121 Å². The van der Waals surface area contributed by atoms with E-state index in [0.29, 0.717) is 22.3 Å². The van der Waals surface area contributed by atoms with Gasteiger partial charge in [0.1, 0.15) is 0 Å². The molecule has 0 bridgehead atoms. The van der Waals surface area contributed by atoms with Crippen molar-refractivity contribution in [2.75, 3.05) is 0 Å². The zero-order valence-electron chi connectivity index (χ0n) is 21.6. The Labute approximate surface area is 232 Å². The predicted octanol–water partition coefficient (Wildman–Crippen LogP) is 8.08. The van der Waals surface area contributed by atoms with Crippen LogP contribution in [-0.2, 0) is 0 Å². The Morgan fingerprint density at radius 1 is 0.500 bits per heavy atom. The molecule has 5 aromatic carbocycles. The average Bonchev–Trinajstić information content (AvgIpc) is 3.03. The number of carbonyl (C=O) groups is 3. The van der Waals surface area contributed by atoms with Gasteiger partial charge in [-0.1, -0.05) is 133 Å². The lowest BCUT2D eigenvalue weighted by atomic mass is 9.73. The van der Waals surface area contributed by atoms with E-state index >= 15 is 0 Å². The molecule has 2 aliphatic rings. The van der Waals surface area contributed by atoms with Crippen LogP contribution in [0, 0.1) is 0 Å². The number of rotatable bonds is 6. The predicted molar refractivity (Wildman–Crippen MR) is 159 cm³/mol. The Balaban J connectivity index is 1.46. The summed E-state index contributed by atoms with van der Waals surface area (Å²) in [7, 11) is 0. The maximum atomic E-state index is 13.9. The Morgan fingerprint density at radius 2 is 1.02 bits per heavy atom. The number of carbonyl (C=O) groups excluding carboxylic acids is 3. The van der Waals surface area contributed by atoms with Crippen LogP contribution in [0.1, 0.15) is 65.2 Å². The molecule has 7 rings (SSSR count). The van der Waals surface area contributed by atoms with Crippen LogP contribution in [0.4, 0.5) is 0 Å². The first-order valence-electron chi connectivity index (χ1n) is 13.4. The van der Waals surface area contributed by atoms with E-state index < -0.39 is 11.8 Å². The fourth-order valence-corrected chi connectivity index (χ4v) is 6.06. The van der Waals surface area contributed by atoms with Gasteiger partial charge >= 0.3 is 0 Å². The van der Waals surface area contributed by atoms with Gasteiger partial charge in [-0.25, -0.2) is 0 Å². The summed E-state index contributed by atoms with van der Waals surface area (Å²) in [5.41, 5.74) is 5.85. The second kappa shape index (κ2) is 9.55. The van der Waals surface area contributed by atoms with Crippen LogP contribution < -0.4 is 0 Å². The molecule has 0 N–H and O–H groups in total. The third-order valence-corrected chi connectivity index (χ3v) is 7.98. The average molecular weight is 517 g/mol. The molecule has 0 fully saturated rings. The summed E-state index contributed by atoms with van der Waals surface area (Å²) in [5, 5.41) is 1.81. The second-order valence-corrected chi connectivity index (χ2v) is 10.2. The number of ketones is 3. The monoisotopic (exact) mass is 516 g/mol. The molecule has 3 heteroatoms. The smallest absolute Gasteiger partial charge is 0.193 e. The molecule has 0 spiro atoms. The van der Waals surface area contributed by atoms with E-state index in [1.54, 1.807) is 12.1 Å². The minimum absolute atomic E-state index is 0.0204. The molecule has 2 aliphatic carbocycles. The third kappa shape index (κ3) is 3.78. The molecule has 0 saturated heterocycles. The van der Waals surface area contributed by atoms with Crippen LogP contribution in [0.25, 0.3) is 22.4 Å². The summed E-state index contributed by atoms with van der Waals surface area (Å²) >= 11 is 0. The lowest BCUT2D eigenvalue weighted by Crippen LogP contribution is -2.20. The maximum Gasteiger partial charge on any atom is 0.193 e. The van der Waals surface area contributed by atoms with Crippen molar-refractivity contribution in [1.82, 2.24) is 0 Å². The van der Waals surface area contributed by atoms with Gasteiger partial charge in [-0.3, -0.25) is 14.4 Å². The van der Waals surface area contributed by atoms with Crippen LogP contribution in [0.2, 0.25) is 0 Å². The first-order valence-corrected chi connectivity index (χ1v) is 13.4. The molecule has 5 aromatic rings. The second-order valence-electron chi connectivity index (χ2n) is 10.2. The van der Waals surface area contributed by atoms with Crippen molar-refractivity contribution in [2.45, 2.75) is 11.8 Å². The fourth-order valence-electron chi connectivity index (χ4n) is 6.06. The van der Waals surface area contributed by atoms with Crippen molar-refractivity contribution >= 4 is 39.8 Å². The van der Waals surface area contributed by atoms with Crippen LogP contribution >= 0.6 is 0 Å². The highest BCUT2D eigenvalue weighted by Crippen LogP contribution is 2.46. The Morgan fingerprint density at radius 3 is 1.65 bits per heavy atom. The van der Waals surface area contributed by atoms with Crippen molar-refractivity contribution in [3.8, 4) is 0 Å². The van der Waals surface area contributed by atoms with Gasteiger partial charge in [-0.15, -0.1) is 0 Å². The third-order valence-electron chi connectivity index (χ3n) is 7.98. The summed E-state index contributed by atoms with van der Waals surface area (Å²) in [4.78, 5) is 41.5. The van der Waals surface area contributed by atoms with E-state index in [4.69, 9.17) is 0 Å². The summed E-state index contributed by atoms with van der Waals surface area (Å²) in [6, 6.07) is 35.6. The fraction of sp³-hybridized carbons (Fsp3) is 0.0541. The van der Waals surface area contributed by atoms with E-state index in [1.165, 1.54) is 0 Å². The molecule has 0 amide bonds. The van der Waals surface area contributed by atoms with Crippen LogP contribution in [-0.4, -0.2) is 17.3 Å². The van der Waals surface area contributed by atoms with Crippen LogP contribution in [0.15, 0.2) is 127 Å². The van der Waals surface area contributed by atoms with E-state index in [-0.39, 0.29) is 17.3 Å². The normalized spacial score (nSPS) is 16.9. The van der Waals surface area contributed by atoms with Crippen molar-refractivity contribution in [2.24, 2.45) is 0 Å². The molecular formula is C37H24O3. The number of hydrogen-bond donors (Lipinski definition) is 0. The molecule has 3 nitrogen and oxygen atoms in total. The largest absolute Gasteiger partial charge is 0.293 e. The number of allylic oxidation sites excluding steroid dienone is 3. The zero-order valence-corrected chi connectivity index (χ0v) is 21.6. The van der Waals surface area contributed by atoms with E-state index in [0.717, 1.165) is 33.0 Å².